The Labute approximate surface area is 289 Å². The summed E-state index contributed by atoms with van der Waals surface area (Å²) in [5.41, 5.74) is 8.93. The van der Waals surface area contributed by atoms with Gasteiger partial charge in [0.1, 0.15) is 18.0 Å². The minimum Gasteiger partial charge on any atom is -0.746 e. The van der Waals surface area contributed by atoms with Gasteiger partial charge in [0.05, 0.1) is 13.1 Å². The summed E-state index contributed by atoms with van der Waals surface area (Å²) in [7, 11) is -5.00. The molecule has 4 N–H and O–H groups in total. The number of fused-ring (bicyclic) bond motifs is 1. The van der Waals surface area contributed by atoms with Crippen LogP contribution in [0.1, 0.15) is 16.7 Å². The average molecular weight is 657 g/mol. The van der Waals surface area contributed by atoms with E-state index in [0.717, 1.165) is 11.1 Å². The molecule has 4 amide bonds. The fourth-order valence-corrected chi connectivity index (χ4v) is 6.01. The van der Waals surface area contributed by atoms with Crippen LogP contribution in [0, 0.1) is 0 Å². The zero-order valence-electron chi connectivity index (χ0n) is 25.4. The Kier molecular flexibility index (Phi) is 11.7. The fourth-order valence-electron chi connectivity index (χ4n) is 5.62. The molecule has 2 aliphatic rings. The maximum atomic E-state index is 14.1. The van der Waals surface area contributed by atoms with E-state index in [1.165, 1.54) is 22.0 Å². The molecular weight excluding hydrogens is 622 g/mol. The second-order valence-electron chi connectivity index (χ2n) is 10.7. The number of benzene rings is 3. The molecule has 46 heavy (non-hydrogen) atoms. The van der Waals surface area contributed by atoms with Gasteiger partial charge in [0.15, 0.2) is 0 Å². The molecule has 0 aromatic heterocycles. The van der Waals surface area contributed by atoms with Crippen molar-refractivity contribution in [2.24, 2.45) is 0 Å². The van der Waals surface area contributed by atoms with Crippen molar-refractivity contribution in [3.05, 3.63) is 108 Å². The molecule has 13 nitrogen and oxygen atoms in total. The van der Waals surface area contributed by atoms with Gasteiger partial charge in [0, 0.05) is 31.7 Å². The Morgan fingerprint density at radius 3 is 2.39 bits per heavy atom. The van der Waals surface area contributed by atoms with Crippen LogP contribution >= 0.6 is 7.82 Å². The number of hydrogen-bond donors (Lipinski definition) is 3. The summed E-state index contributed by atoms with van der Waals surface area (Å²) in [6, 6.07) is 20.9. The molecule has 0 spiro atoms. The third-order valence-electron chi connectivity index (χ3n) is 7.65. The summed E-state index contributed by atoms with van der Waals surface area (Å²) in [5, 5.41) is 6.04. The molecule has 2 aliphatic heterocycles. The number of para-hydroxylation sites is 1. The van der Waals surface area contributed by atoms with Crippen molar-refractivity contribution in [1.29, 1.82) is 0 Å². The van der Waals surface area contributed by atoms with Crippen LogP contribution in [0.4, 0.5) is 10.5 Å². The Morgan fingerprint density at radius 2 is 1.74 bits per heavy atom. The van der Waals surface area contributed by atoms with Crippen molar-refractivity contribution in [3.8, 4) is 5.75 Å². The predicted molar refractivity (Wildman–Crippen MR) is 164 cm³/mol. The molecule has 3 aromatic carbocycles. The van der Waals surface area contributed by atoms with Gasteiger partial charge < -0.3 is 35.2 Å². The van der Waals surface area contributed by atoms with E-state index in [-0.39, 0.29) is 86.3 Å². The second kappa shape index (κ2) is 15.3. The molecule has 2 fully saturated rings. The van der Waals surface area contributed by atoms with Crippen molar-refractivity contribution in [2.45, 2.75) is 31.7 Å². The number of carbonyl (C=O) groups excluding carboxylic acids is 3. The average Bonchev–Trinajstić information content (AvgIpc) is 3.00. The number of nitrogen functional groups attached to an aromatic ring is 1. The molecular formula is C31H34N6NaO7P. The van der Waals surface area contributed by atoms with Crippen molar-refractivity contribution >= 4 is 31.4 Å². The largest absolute Gasteiger partial charge is 1.00 e. The number of rotatable bonds is 10. The summed E-state index contributed by atoms with van der Waals surface area (Å²) >= 11 is 0. The Morgan fingerprint density at radius 1 is 1.07 bits per heavy atom. The van der Waals surface area contributed by atoms with Crippen LogP contribution in [0.15, 0.2) is 91.5 Å². The van der Waals surface area contributed by atoms with E-state index in [0.29, 0.717) is 11.3 Å². The quantitative estimate of drug-likeness (QED) is 0.106. The molecule has 0 radical (unpaired) electrons. The topological polar surface area (TPSA) is 172 Å². The molecule has 3 aromatic rings. The van der Waals surface area contributed by atoms with Crippen molar-refractivity contribution < 1.29 is 62.8 Å². The minimum atomic E-state index is -5.00. The number of carbonyl (C=O) groups is 3. The first-order chi connectivity index (χ1) is 21.5. The van der Waals surface area contributed by atoms with Gasteiger partial charge in [-0.15, -0.1) is 6.58 Å². The maximum absolute atomic E-state index is 14.1. The number of hydrogen-bond acceptors (Lipinski definition) is 8. The van der Waals surface area contributed by atoms with Crippen LogP contribution in [0.5, 0.6) is 5.75 Å². The van der Waals surface area contributed by atoms with Crippen LogP contribution in [0.2, 0.25) is 0 Å². The van der Waals surface area contributed by atoms with Gasteiger partial charge in [0.25, 0.3) is 0 Å². The molecule has 5 rings (SSSR count). The predicted octanol–water partition coefficient (Wildman–Crippen LogP) is -1.15. The SMILES string of the molecule is C=CCN1CC(=O)N2[C@@H](Cc3ccc(OP(=O)([O-])O)cc3)C(=O)N(Cc3ccccc3N)C[C@@H]2N1C(=O)NCc1ccccc1.[Na+]. The number of urea groups is 1. The van der Waals surface area contributed by atoms with Crippen LogP contribution < -0.4 is 50.0 Å². The summed E-state index contributed by atoms with van der Waals surface area (Å²) in [6.45, 7) is 4.30. The summed E-state index contributed by atoms with van der Waals surface area (Å²) in [4.78, 5) is 64.9. The zero-order valence-corrected chi connectivity index (χ0v) is 28.3. The molecule has 1 unspecified atom stereocenters. The van der Waals surface area contributed by atoms with E-state index in [1.54, 1.807) is 40.3 Å². The van der Waals surface area contributed by atoms with Crippen molar-refractivity contribution in [2.75, 3.05) is 25.4 Å². The van der Waals surface area contributed by atoms with Crippen LogP contribution in [0.25, 0.3) is 0 Å². The van der Waals surface area contributed by atoms with Crippen LogP contribution in [0.3, 0.4) is 0 Å². The van der Waals surface area contributed by atoms with Gasteiger partial charge in [-0.25, -0.2) is 14.8 Å². The number of nitrogens with zero attached hydrogens (tertiary/aromatic N) is 4. The Hall–Kier alpha value is -3.68. The van der Waals surface area contributed by atoms with Gasteiger partial charge in [-0.3, -0.25) is 14.2 Å². The number of piperazine rings is 1. The maximum Gasteiger partial charge on any atom is 1.00 e. The molecule has 2 saturated heterocycles. The Bertz CT molecular complexity index is 1610. The molecule has 3 atom stereocenters. The van der Waals surface area contributed by atoms with Gasteiger partial charge in [-0.2, -0.15) is 0 Å². The van der Waals surface area contributed by atoms with Crippen molar-refractivity contribution in [3.63, 3.8) is 0 Å². The summed E-state index contributed by atoms with van der Waals surface area (Å²) in [6.07, 6.45) is 0.820. The normalized spacial score (nSPS) is 19.5. The first-order valence-electron chi connectivity index (χ1n) is 14.3. The third-order valence-corrected chi connectivity index (χ3v) is 8.10. The van der Waals surface area contributed by atoms with E-state index in [4.69, 9.17) is 10.6 Å². The van der Waals surface area contributed by atoms with E-state index in [1.807, 2.05) is 42.5 Å². The number of nitrogens with one attached hydrogen (secondary N) is 1. The molecule has 236 valence electrons. The van der Waals surface area contributed by atoms with E-state index in [2.05, 4.69) is 16.4 Å². The standard InChI is InChI=1S/C31H35N6O7P.Na/c1-2-16-35-21-29(38)36-27(17-22-12-14-25(15-13-22)44-45(41,42)43)30(39)34(19-24-10-6-7-11-26(24)32)20-28(36)37(35)31(40)33-18-23-8-4-3-5-9-23;/h2-15,27-28H,1,16-21,32H2,(H,33,40)(H2,41,42,43);/q;+1/p-1/t27-,28-;/m0./s1. The van der Waals surface area contributed by atoms with Crippen molar-refractivity contribution in [1.82, 2.24) is 25.1 Å². The molecule has 0 bridgehead atoms. The first kappa shape index (κ1) is 35.2. The van der Waals surface area contributed by atoms with Gasteiger partial charge in [0.2, 0.25) is 11.8 Å². The van der Waals surface area contributed by atoms with E-state index >= 15 is 0 Å². The smallest absolute Gasteiger partial charge is 0.746 e. The third kappa shape index (κ3) is 8.37. The monoisotopic (exact) mass is 656 g/mol. The number of hydrazine groups is 1. The molecule has 15 heteroatoms. The number of amides is 4. The fraction of sp³-hybridized carbons (Fsp3) is 0.258. The molecule has 2 heterocycles. The number of anilines is 1. The molecule has 0 aliphatic carbocycles. The molecule has 0 saturated carbocycles. The summed E-state index contributed by atoms with van der Waals surface area (Å²) in [5.74, 6) is -0.771. The van der Waals surface area contributed by atoms with Gasteiger partial charge in [-0.05, 0) is 34.9 Å². The number of phosphoric acid groups is 1. The zero-order chi connectivity index (χ0) is 32.1. The van der Waals surface area contributed by atoms with E-state index in [9.17, 15) is 23.8 Å². The van der Waals surface area contributed by atoms with Gasteiger partial charge in [-0.1, -0.05) is 66.7 Å². The number of phosphoric ester groups is 1. The summed E-state index contributed by atoms with van der Waals surface area (Å²) < 4.78 is 15.7. The minimum absolute atomic E-state index is 0. The van der Waals surface area contributed by atoms with Gasteiger partial charge >= 0.3 is 43.4 Å². The number of nitrogens with two attached hydrogens (primary N) is 1. The van der Waals surface area contributed by atoms with E-state index < -0.39 is 26.1 Å². The second-order valence-corrected chi connectivity index (χ2v) is 11.9. The van der Waals surface area contributed by atoms with Crippen LogP contribution in [-0.4, -0.2) is 74.4 Å². The first-order valence-corrected chi connectivity index (χ1v) is 15.8. The van der Waals surface area contributed by atoms with Crippen LogP contribution in [-0.2, 0) is 33.7 Å². The Balaban J connectivity index is 0.00000480.